The molecular formula is C18H22O4. The fourth-order valence-corrected chi connectivity index (χ4v) is 2.92. The van der Waals surface area contributed by atoms with Crippen molar-refractivity contribution in [2.75, 3.05) is 0 Å². The Kier molecular flexibility index (Phi) is 5.75. The number of hydrogen-bond donors (Lipinski definition) is 0. The average molecular weight is 302 g/mol. The fraction of sp³-hybridized carbons (Fsp3) is 0.444. The van der Waals surface area contributed by atoms with Gasteiger partial charge in [-0.05, 0) is 30.9 Å². The molecule has 1 aromatic carbocycles. The first kappa shape index (κ1) is 16.3. The molecule has 1 aliphatic carbocycles. The van der Waals surface area contributed by atoms with Gasteiger partial charge >= 0.3 is 11.9 Å². The zero-order valence-electron chi connectivity index (χ0n) is 13.0. The third-order valence-electron chi connectivity index (χ3n) is 3.82. The van der Waals surface area contributed by atoms with Crippen LogP contribution in [0.1, 0.15) is 38.7 Å². The van der Waals surface area contributed by atoms with Gasteiger partial charge in [0.1, 0.15) is 12.2 Å². The highest BCUT2D eigenvalue weighted by atomic mass is 16.6. The summed E-state index contributed by atoms with van der Waals surface area (Å²) in [7, 11) is 0. The Bertz CT molecular complexity index is 535. The molecule has 0 N–H and O–H groups in total. The van der Waals surface area contributed by atoms with Gasteiger partial charge in [-0.25, -0.2) is 0 Å². The summed E-state index contributed by atoms with van der Waals surface area (Å²) < 4.78 is 10.8. The zero-order chi connectivity index (χ0) is 15.9. The predicted molar refractivity (Wildman–Crippen MR) is 83.9 cm³/mol. The lowest BCUT2D eigenvalue weighted by Gasteiger charge is -2.25. The Morgan fingerprint density at radius 3 is 2.50 bits per heavy atom. The standard InChI is InChI=1S/C18H22O4/c1-13(19)21-17-10-6-9-16(17)18(22-14(2)20)12-11-15-7-4-3-5-8-15/h3-5,7-8,11-12,16-18H,6,9-10H2,1-2H3/b12-11+/t16-,17-,18+/m1/s1. The molecule has 1 saturated carbocycles. The van der Waals surface area contributed by atoms with Gasteiger partial charge in [0, 0.05) is 19.8 Å². The van der Waals surface area contributed by atoms with Gasteiger partial charge < -0.3 is 9.47 Å². The molecule has 4 heteroatoms. The van der Waals surface area contributed by atoms with Gasteiger partial charge in [-0.15, -0.1) is 0 Å². The lowest BCUT2D eigenvalue weighted by atomic mass is 9.97. The maximum absolute atomic E-state index is 11.4. The molecular weight excluding hydrogens is 280 g/mol. The van der Waals surface area contributed by atoms with E-state index in [9.17, 15) is 9.59 Å². The summed E-state index contributed by atoms with van der Waals surface area (Å²) in [6.45, 7) is 2.81. The number of rotatable bonds is 5. The summed E-state index contributed by atoms with van der Waals surface area (Å²) in [6, 6.07) is 9.84. The first-order valence-corrected chi connectivity index (χ1v) is 7.64. The van der Waals surface area contributed by atoms with Crippen LogP contribution in [0.15, 0.2) is 36.4 Å². The number of hydrogen-bond acceptors (Lipinski definition) is 4. The van der Waals surface area contributed by atoms with Crippen molar-refractivity contribution in [1.82, 2.24) is 0 Å². The highest BCUT2D eigenvalue weighted by Crippen LogP contribution is 2.33. The summed E-state index contributed by atoms with van der Waals surface area (Å²) in [5, 5.41) is 0. The van der Waals surface area contributed by atoms with Gasteiger partial charge in [-0.1, -0.05) is 36.4 Å². The highest BCUT2D eigenvalue weighted by Gasteiger charge is 2.36. The smallest absolute Gasteiger partial charge is 0.303 e. The molecule has 0 radical (unpaired) electrons. The van der Waals surface area contributed by atoms with Crippen LogP contribution in [-0.4, -0.2) is 24.1 Å². The fourth-order valence-electron chi connectivity index (χ4n) is 2.92. The van der Waals surface area contributed by atoms with E-state index in [2.05, 4.69) is 0 Å². The quantitative estimate of drug-likeness (QED) is 0.783. The molecule has 3 atom stereocenters. The van der Waals surface area contributed by atoms with E-state index in [0.717, 1.165) is 24.8 Å². The molecule has 4 nitrogen and oxygen atoms in total. The van der Waals surface area contributed by atoms with Gasteiger partial charge in [0.25, 0.3) is 0 Å². The van der Waals surface area contributed by atoms with E-state index in [0.29, 0.717) is 0 Å². The Labute approximate surface area is 131 Å². The summed E-state index contributed by atoms with van der Waals surface area (Å²) in [4.78, 5) is 22.6. The molecule has 1 aromatic rings. The number of carbonyl (C=O) groups excluding carboxylic acids is 2. The third-order valence-corrected chi connectivity index (χ3v) is 3.82. The Hall–Kier alpha value is -2.10. The second-order valence-electron chi connectivity index (χ2n) is 5.59. The third kappa shape index (κ3) is 4.72. The van der Waals surface area contributed by atoms with Crippen LogP contribution in [0.2, 0.25) is 0 Å². The number of esters is 2. The Morgan fingerprint density at radius 1 is 1.14 bits per heavy atom. The molecule has 2 rings (SSSR count). The molecule has 0 amide bonds. The van der Waals surface area contributed by atoms with Crippen LogP contribution in [0, 0.1) is 5.92 Å². The summed E-state index contributed by atoms with van der Waals surface area (Å²) >= 11 is 0. The molecule has 0 aromatic heterocycles. The number of ether oxygens (including phenoxy) is 2. The monoisotopic (exact) mass is 302 g/mol. The van der Waals surface area contributed by atoms with Crippen molar-refractivity contribution < 1.29 is 19.1 Å². The molecule has 0 heterocycles. The molecule has 1 aliphatic rings. The molecule has 22 heavy (non-hydrogen) atoms. The van der Waals surface area contributed by atoms with Crippen molar-refractivity contribution in [2.24, 2.45) is 5.92 Å². The van der Waals surface area contributed by atoms with E-state index in [1.807, 2.05) is 42.5 Å². The average Bonchev–Trinajstić information content (AvgIpc) is 2.91. The Morgan fingerprint density at radius 2 is 1.86 bits per heavy atom. The molecule has 118 valence electrons. The van der Waals surface area contributed by atoms with Crippen molar-refractivity contribution >= 4 is 18.0 Å². The van der Waals surface area contributed by atoms with Crippen LogP contribution < -0.4 is 0 Å². The van der Waals surface area contributed by atoms with Crippen LogP contribution in [0.25, 0.3) is 6.08 Å². The van der Waals surface area contributed by atoms with E-state index in [1.165, 1.54) is 13.8 Å². The van der Waals surface area contributed by atoms with Gasteiger partial charge in [0.2, 0.25) is 0 Å². The summed E-state index contributed by atoms with van der Waals surface area (Å²) in [6.07, 6.45) is 5.96. The lowest BCUT2D eigenvalue weighted by Crippen LogP contribution is -2.32. The van der Waals surface area contributed by atoms with Crippen LogP contribution in [-0.2, 0) is 19.1 Å². The van der Waals surface area contributed by atoms with Gasteiger partial charge in [-0.2, -0.15) is 0 Å². The van der Waals surface area contributed by atoms with E-state index in [-0.39, 0.29) is 30.1 Å². The normalized spacial score (nSPS) is 22.5. The van der Waals surface area contributed by atoms with Gasteiger partial charge in [0.15, 0.2) is 0 Å². The van der Waals surface area contributed by atoms with Crippen molar-refractivity contribution in [2.45, 2.75) is 45.3 Å². The van der Waals surface area contributed by atoms with Crippen LogP contribution >= 0.6 is 0 Å². The summed E-state index contributed by atoms with van der Waals surface area (Å²) in [5.41, 5.74) is 1.04. The minimum atomic E-state index is -0.371. The van der Waals surface area contributed by atoms with Gasteiger partial charge in [0.05, 0.1) is 0 Å². The van der Waals surface area contributed by atoms with E-state index in [1.54, 1.807) is 0 Å². The van der Waals surface area contributed by atoms with Crippen molar-refractivity contribution in [3.63, 3.8) is 0 Å². The van der Waals surface area contributed by atoms with Crippen LogP contribution in [0.5, 0.6) is 0 Å². The Balaban J connectivity index is 2.13. The lowest BCUT2D eigenvalue weighted by molar-refractivity contribution is -0.154. The van der Waals surface area contributed by atoms with E-state index >= 15 is 0 Å². The SMILES string of the molecule is CC(=O)O[C@@H](/C=C/c1ccccc1)[C@@H]1CCC[C@H]1OC(C)=O. The molecule has 0 aliphatic heterocycles. The molecule has 0 bridgehead atoms. The first-order chi connectivity index (χ1) is 10.6. The van der Waals surface area contributed by atoms with Crippen LogP contribution in [0.3, 0.4) is 0 Å². The largest absolute Gasteiger partial charge is 0.462 e. The molecule has 1 fully saturated rings. The maximum Gasteiger partial charge on any atom is 0.303 e. The van der Waals surface area contributed by atoms with Crippen molar-refractivity contribution in [1.29, 1.82) is 0 Å². The second-order valence-corrected chi connectivity index (χ2v) is 5.59. The first-order valence-electron chi connectivity index (χ1n) is 7.64. The predicted octanol–water partition coefficient (Wildman–Crippen LogP) is 3.36. The zero-order valence-corrected chi connectivity index (χ0v) is 13.0. The van der Waals surface area contributed by atoms with E-state index < -0.39 is 0 Å². The summed E-state index contributed by atoms with van der Waals surface area (Å²) in [5.74, 6) is -0.588. The second kappa shape index (κ2) is 7.78. The van der Waals surface area contributed by atoms with Gasteiger partial charge in [-0.3, -0.25) is 9.59 Å². The van der Waals surface area contributed by atoms with Crippen LogP contribution in [0.4, 0.5) is 0 Å². The van der Waals surface area contributed by atoms with E-state index in [4.69, 9.17) is 9.47 Å². The minimum absolute atomic E-state index is 0.0211. The van der Waals surface area contributed by atoms with Crippen molar-refractivity contribution in [3.8, 4) is 0 Å². The molecule has 0 spiro atoms. The molecule has 0 saturated heterocycles. The minimum Gasteiger partial charge on any atom is -0.462 e. The maximum atomic E-state index is 11.4. The highest BCUT2D eigenvalue weighted by molar-refractivity contribution is 5.67. The molecule has 0 unspecified atom stereocenters. The van der Waals surface area contributed by atoms with Crippen molar-refractivity contribution in [3.05, 3.63) is 42.0 Å². The number of benzene rings is 1. The topological polar surface area (TPSA) is 52.6 Å². The number of carbonyl (C=O) groups is 2.